The predicted molar refractivity (Wildman–Crippen MR) is 52.6 cm³/mol. The zero-order valence-electron chi connectivity index (χ0n) is 8.32. The molecule has 0 aromatic rings. The van der Waals surface area contributed by atoms with Gasteiger partial charge in [-0.3, -0.25) is 0 Å². The molecule has 0 nitrogen and oxygen atoms in total. The molecule has 0 heterocycles. The average molecular weight is 168 g/mol. The number of hydrogen-bond acceptors (Lipinski definition) is 0. The fraction of sp³-hybridized carbons (Fsp3) is 0.455. The van der Waals surface area contributed by atoms with Crippen molar-refractivity contribution < 1.29 is 4.39 Å². The first kappa shape index (κ1) is 11.2. The van der Waals surface area contributed by atoms with Gasteiger partial charge in [0.15, 0.2) is 0 Å². The maximum Gasteiger partial charge on any atom is 0.0971 e. The van der Waals surface area contributed by atoms with Gasteiger partial charge in [0.05, 0.1) is 5.83 Å². The minimum Gasteiger partial charge on any atom is -0.212 e. The second kappa shape index (κ2) is 4.91. The van der Waals surface area contributed by atoms with Gasteiger partial charge < -0.3 is 0 Å². The minimum absolute atomic E-state index is 0.166. The van der Waals surface area contributed by atoms with Crippen molar-refractivity contribution in [2.75, 3.05) is 0 Å². The van der Waals surface area contributed by atoms with Gasteiger partial charge in [0.2, 0.25) is 0 Å². The monoisotopic (exact) mass is 168 g/mol. The Bertz CT molecular complexity index is 215. The summed E-state index contributed by atoms with van der Waals surface area (Å²) >= 11 is 0. The van der Waals surface area contributed by atoms with Crippen LogP contribution >= 0.6 is 0 Å². The zero-order chi connectivity index (χ0) is 9.72. The fourth-order valence-corrected chi connectivity index (χ4v) is 0.814. The van der Waals surface area contributed by atoms with E-state index in [4.69, 9.17) is 0 Å². The Morgan fingerprint density at radius 2 is 1.75 bits per heavy atom. The molecule has 0 radical (unpaired) electrons. The van der Waals surface area contributed by atoms with Gasteiger partial charge in [0, 0.05) is 0 Å². The van der Waals surface area contributed by atoms with Crippen LogP contribution in [-0.4, -0.2) is 0 Å². The van der Waals surface area contributed by atoms with Crippen molar-refractivity contribution >= 4 is 0 Å². The number of hydrogen-bond donors (Lipinski definition) is 0. The first-order valence-corrected chi connectivity index (χ1v) is 4.14. The Kier molecular flexibility index (Phi) is 4.57. The first-order chi connectivity index (χ1) is 5.43. The standard InChI is InChI=1S/C11H17F/c1-8(2)10(4)6-9(3)7-11(5)12/h6-8H,4H2,1-3,5H3/b9-6-,11-7+. The molecular weight excluding hydrogens is 151 g/mol. The molecule has 0 saturated heterocycles. The molecule has 0 aliphatic rings. The summed E-state index contributed by atoms with van der Waals surface area (Å²) < 4.78 is 12.4. The molecule has 0 aromatic carbocycles. The van der Waals surface area contributed by atoms with Crippen molar-refractivity contribution in [1.29, 1.82) is 0 Å². The molecule has 0 aliphatic heterocycles. The maximum absolute atomic E-state index is 12.4. The summed E-state index contributed by atoms with van der Waals surface area (Å²) in [5.74, 6) is 0.258. The molecule has 0 bridgehead atoms. The highest BCUT2D eigenvalue weighted by atomic mass is 19.1. The van der Waals surface area contributed by atoms with Gasteiger partial charge in [-0.2, -0.15) is 0 Å². The highest BCUT2D eigenvalue weighted by Gasteiger charge is 1.96. The van der Waals surface area contributed by atoms with Gasteiger partial charge >= 0.3 is 0 Å². The summed E-state index contributed by atoms with van der Waals surface area (Å²) in [6.07, 6.45) is 3.42. The Balaban J connectivity index is 4.37. The van der Waals surface area contributed by atoms with Crippen LogP contribution in [0.2, 0.25) is 0 Å². The Morgan fingerprint density at radius 3 is 2.08 bits per heavy atom. The van der Waals surface area contributed by atoms with E-state index >= 15 is 0 Å². The number of halogens is 1. The van der Waals surface area contributed by atoms with Crippen LogP contribution in [0.5, 0.6) is 0 Å². The van der Waals surface area contributed by atoms with E-state index in [-0.39, 0.29) is 5.83 Å². The lowest BCUT2D eigenvalue weighted by Gasteiger charge is -2.03. The Labute approximate surface area is 74.5 Å². The molecular formula is C11H17F. The lowest BCUT2D eigenvalue weighted by Crippen LogP contribution is -1.88. The third kappa shape index (κ3) is 4.89. The lowest BCUT2D eigenvalue weighted by atomic mass is 10.0. The van der Waals surface area contributed by atoms with Crippen LogP contribution in [0.3, 0.4) is 0 Å². The molecule has 0 atom stereocenters. The van der Waals surface area contributed by atoms with Gasteiger partial charge in [0.25, 0.3) is 0 Å². The average Bonchev–Trinajstić information content (AvgIpc) is 1.84. The van der Waals surface area contributed by atoms with E-state index < -0.39 is 0 Å². The SMILES string of the molecule is C=C(/C=C(C)\C=C(/C)F)C(C)C. The highest BCUT2D eigenvalue weighted by Crippen LogP contribution is 2.12. The van der Waals surface area contributed by atoms with Gasteiger partial charge in [-0.25, -0.2) is 4.39 Å². The summed E-state index contributed by atoms with van der Waals surface area (Å²) in [5.41, 5.74) is 1.94. The molecule has 68 valence electrons. The second-order valence-electron chi connectivity index (χ2n) is 3.35. The van der Waals surface area contributed by atoms with Crippen LogP contribution in [0.1, 0.15) is 27.7 Å². The van der Waals surface area contributed by atoms with Crippen LogP contribution in [0, 0.1) is 5.92 Å². The summed E-state index contributed by atoms with van der Waals surface area (Å²) in [5, 5.41) is 0. The van der Waals surface area contributed by atoms with E-state index in [9.17, 15) is 4.39 Å². The van der Waals surface area contributed by atoms with Crippen molar-refractivity contribution in [3.63, 3.8) is 0 Å². The smallest absolute Gasteiger partial charge is 0.0971 e. The van der Waals surface area contributed by atoms with E-state index in [0.717, 1.165) is 11.1 Å². The molecule has 0 N–H and O–H groups in total. The van der Waals surface area contributed by atoms with Crippen LogP contribution in [0.4, 0.5) is 4.39 Å². The molecule has 0 rings (SSSR count). The molecule has 0 aliphatic carbocycles. The van der Waals surface area contributed by atoms with E-state index in [1.54, 1.807) is 0 Å². The van der Waals surface area contributed by atoms with Crippen LogP contribution < -0.4 is 0 Å². The molecule has 1 heteroatoms. The van der Waals surface area contributed by atoms with Crippen molar-refractivity contribution in [3.8, 4) is 0 Å². The molecule has 0 fully saturated rings. The van der Waals surface area contributed by atoms with E-state index in [1.165, 1.54) is 13.0 Å². The molecule has 0 amide bonds. The van der Waals surface area contributed by atoms with Gasteiger partial charge in [-0.1, -0.05) is 32.1 Å². The van der Waals surface area contributed by atoms with Crippen molar-refractivity contribution in [2.24, 2.45) is 5.92 Å². The van der Waals surface area contributed by atoms with Gasteiger partial charge in [-0.05, 0) is 31.4 Å². The minimum atomic E-state index is -0.166. The summed E-state index contributed by atoms with van der Waals surface area (Å²) in [7, 11) is 0. The number of allylic oxidation sites excluding steroid dienone is 5. The molecule has 0 aromatic heterocycles. The topological polar surface area (TPSA) is 0 Å². The number of rotatable bonds is 3. The third-order valence-corrected chi connectivity index (χ3v) is 1.58. The first-order valence-electron chi connectivity index (χ1n) is 4.14. The van der Waals surface area contributed by atoms with E-state index in [0.29, 0.717) is 5.92 Å². The predicted octanol–water partition coefficient (Wildman–Crippen LogP) is 4.02. The van der Waals surface area contributed by atoms with E-state index in [2.05, 4.69) is 20.4 Å². The molecule has 0 saturated carbocycles. The fourth-order valence-electron chi connectivity index (χ4n) is 0.814. The molecule has 0 spiro atoms. The molecule has 12 heavy (non-hydrogen) atoms. The molecule has 0 unspecified atom stereocenters. The third-order valence-electron chi connectivity index (χ3n) is 1.58. The van der Waals surface area contributed by atoms with Crippen LogP contribution in [0.15, 0.2) is 35.7 Å². The normalized spacial score (nSPS) is 13.8. The largest absolute Gasteiger partial charge is 0.212 e. The Morgan fingerprint density at radius 1 is 1.25 bits per heavy atom. The van der Waals surface area contributed by atoms with Gasteiger partial charge in [-0.15, -0.1) is 0 Å². The Hall–Kier alpha value is -0.850. The maximum atomic E-state index is 12.4. The summed E-state index contributed by atoms with van der Waals surface area (Å²) in [4.78, 5) is 0. The van der Waals surface area contributed by atoms with Gasteiger partial charge in [0.1, 0.15) is 0 Å². The van der Waals surface area contributed by atoms with Crippen molar-refractivity contribution in [2.45, 2.75) is 27.7 Å². The van der Waals surface area contributed by atoms with Crippen molar-refractivity contribution in [3.05, 3.63) is 35.7 Å². The van der Waals surface area contributed by atoms with E-state index in [1.807, 2.05) is 13.0 Å². The van der Waals surface area contributed by atoms with Crippen molar-refractivity contribution in [1.82, 2.24) is 0 Å². The zero-order valence-corrected chi connectivity index (χ0v) is 8.32. The van der Waals surface area contributed by atoms with Crippen LogP contribution in [-0.2, 0) is 0 Å². The highest BCUT2D eigenvalue weighted by molar-refractivity contribution is 5.28. The summed E-state index contributed by atoms with van der Waals surface area (Å²) in [6, 6.07) is 0. The summed E-state index contributed by atoms with van der Waals surface area (Å²) in [6.45, 7) is 11.3. The second-order valence-corrected chi connectivity index (χ2v) is 3.35. The van der Waals surface area contributed by atoms with Crippen LogP contribution in [0.25, 0.3) is 0 Å². The lowest BCUT2D eigenvalue weighted by molar-refractivity contribution is 0.639. The quantitative estimate of drug-likeness (QED) is 0.558.